The molecule has 272 valence electrons. The molecule has 1 aliphatic heterocycles. The fourth-order valence-corrected chi connectivity index (χ4v) is 8.48. The van der Waals surface area contributed by atoms with Crippen molar-refractivity contribution in [2.24, 2.45) is 0 Å². The van der Waals surface area contributed by atoms with E-state index < -0.39 is 0 Å². The molecule has 7 aromatic carbocycles. The number of aryl methyl sites for hydroxylation is 2. The van der Waals surface area contributed by atoms with Crippen LogP contribution in [-0.2, 0) is 6.42 Å². The predicted octanol–water partition coefficient (Wildman–Crippen LogP) is 13.3. The number of allylic oxidation sites excluding steroid dienone is 3. The Morgan fingerprint density at radius 1 is 0.544 bits per heavy atom. The Balaban J connectivity index is 0.000000194. The van der Waals surface area contributed by atoms with Crippen LogP contribution >= 0.6 is 0 Å². The van der Waals surface area contributed by atoms with E-state index in [1.807, 2.05) is 49.4 Å². The summed E-state index contributed by atoms with van der Waals surface area (Å²) in [6.07, 6.45) is 9.26. The van der Waals surface area contributed by atoms with Gasteiger partial charge < -0.3 is 9.47 Å². The van der Waals surface area contributed by atoms with Gasteiger partial charge in [0.15, 0.2) is 0 Å². The summed E-state index contributed by atoms with van der Waals surface area (Å²) in [4.78, 5) is 11.2. The minimum absolute atomic E-state index is 0.808. The first kappa shape index (κ1) is 34.2. The van der Waals surface area contributed by atoms with Crippen LogP contribution in [0, 0.1) is 13.8 Å². The highest BCUT2D eigenvalue weighted by atomic mass is 15.1. The molecule has 4 nitrogen and oxygen atoms in total. The van der Waals surface area contributed by atoms with Gasteiger partial charge in [0, 0.05) is 39.3 Å². The zero-order chi connectivity index (χ0) is 38.5. The first-order valence-corrected chi connectivity index (χ1v) is 19.5. The molecule has 9 aromatic rings. The van der Waals surface area contributed by atoms with Crippen LogP contribution in [0.25, 0.3) is 71.9 Å². The summed E-state index contributed by atoms with van der Waals surface area (Å²) in [5.41, 5.74) is 18.1. The molecule has 11 rings (SSSR count). The Morgan fingerprint density at radius 3 is 2.09 bits per heavy atom. The Kier molecular flexibility index (Phi) is 8.45. The van der Waals surface area contributed by atoms with Crippen molar-refractivity contribution >= 4 is 38.4 Å². The van der Waals surface area contributed by atoms with Crippen LogP contribution in [-0.4, -0.2) is 14.5 Å². The second-order valence-corrected chi connectivity index (χ2v) is 14.8. The fourth-order valence-electron chi connectivity index (χ4n) is 8.48. The third-order valence-electron chi connectivity index (χ3n) is 11.2. The number of anilines is 1. The Hall–Kier alpha value is -7.30. The van der Waals surface area contributed by atoms with Crippen LogP contribution in [0.2, 0.25) is 0 Å². The Labute approximate surface area is 333 Å². The lowest BCUT2D eigenvalue weighted by atomic mass is 9.97. The van der Waals surface area contributed by atoms with Crippen molar-refractivity contribution in [2.75, 3.05) is 4.90 Å². The van der Waals surface area contributed by atoms with Crippen LogP contribution in [0.4, 0.5) is 5.69 Å². The van der Waals surface area contributed by atoms with Gasteiger partial charge >= 0.3 is 0 Å². The molecule has 3 heterocycles. The summed E-state index contributed by atoms with van der Waals surface area (Å²) >= 11 is 0. The Bertz CT molecular complexity index is 3080. The van der Waals surface area contributed by atoms with Crippen molar-refractivity contribution in [1.82, 2.24) is 14.5 Å². The number of para-hydroxylation sites is 2. The number of nitrogens with zero attached hydrogens (tertiary/aromatic N) is 4. The van der Waals surface area contributed by atoms with Gasteiger partial charge in [-0.2, -0.15) is 0 Å². The van der Waals surface area contributed by atoms with E-state index in [1.54, 1.807) is 0 Å². The molecule has 0 bridgehead atoms. The van der Waals surface area contributed by atoms with E-state index >= 15 is 0 Å². The minimum Gasteiger partial charge on any atom is -0.317 e. The van der Waals surface area contributed by atoms with Gasteiger partial charge in [-0.15, -0.1) is 0 Å². The average molecular weight is 733 g/mol. The van der Waals surface area contributed by atoms with Crippen LogP contribution in [0.3, 0.4) is 0 Å². The highest BCUT2D eigenvalue weighted by molar-refractivity contribution is 6.12. The van der Waals surface area contributed by atoms with E-state index in [4.69, 9.17) is 0 Å². The summed E-state index contributed by atoms with van der Waals surface area (Å²) in [7, 11) is 0. The zero-order valence-electron chi connectivity index (χ0n) is 32.0. The van der Waals surface area contributed by atoms with Crippen molar-refractivity contribution in [2.45, 2.75) is 20.3 Å². The van der Waals surface area contributed by atoms with E-state index in [-0.39, 0.29) is 0 Å². The van der Waals surface area contributed by atoms with Gasteiger partial charge in [0.2, 0.25) is 0 Å². The van der Waals surface area contributed by atoms with E-state index in [0.29, 0.717) is 0 Å². The molecule has 0 saturated heterocycles. The standard InChI is InChI=1S/C38H28N2.C15H12N2/c1-25-20-34-35-23-28(27-15-16-30-21-29-11-6-7-14-32(29)33(30)22-27)17-18-36(35)40(31-12-4-3-5-13-31)38(34)24-37(25)39-19-9-8-10-26(39)2;1-11-16-14-10-6-5-9-13(14)15(17-11)12-7-3-2-4-8-12/h3-20,22-24H,2,21H2,1H3;2-10H,1H3. The molecule has 0 saturated carbocycles. The van der Waals surface area contributed by atoms with Crippen LogP contribution in [0.5, 0.6) is 0 Å². The average Bonchev–Trinajstić information content (AvgIpc) is 3.78. The normalized spacial score (nSPS) is 12.9. The number of fused-ring (bicyclic) bond motifs is 7. The predicted molar refractivity (Wildman–Crippen MR) is 239 cm³/mol. The molecule has 2 aliphatic rings. The van der Waals surface area contributed by atoms with Gasteiger partial charge in [0.25, 0.3) is 0 Å². The molecular weight excluding hydrogens is 693 g/mol. The van der Waals surface area contributed by atoms with E-state index in [9.17, 15) is 0 Å². The first-order valence-electron chi connectivity index (χ1n) is 19.5. The van der Waals surface area contributed by atoms with Gasteiger partial charge in [0.05, 0.1) is 27.9 Å². The molecular formula is C53H40N4. The van der Waals surface area contributed by atoms with Crippen molar-refractivity contribution < 1.29 is 0 Å². The smallest absolute Gasteiger partial charge is 0.126 e. The number of hydrogen-bond acceptors (Lipinski definition) is 3. The summed E-state index contributed by atoms with van der Waals surface area (Å²) in [6.45, 7) is 8.41. The minimum atomic E-state index is 0.808. The van der Waals surface area contributed by atoms with Gasteiger partial charge in [-0.25, -0.2) is 9.97 Å². The molecule has 2 aromatic heterocycles. The SMILES string of the molecule is C=C1C=CC=CN1c1cc2c(cc1C)c1cc(-c3ccc4c(c3)-c3ccccc3C4)ccc1n2-c1ccccc1.Cc1nc(-c2ccccc2)c2ccccc2n1. The van der Waals surface area contributed by atoms with Gasteiger partial charge in [-0.3, -0.25) is 0 Å². The Morgan fingerprint density at radius 2 is 1.25 bits per heavy atom. The quantitative estimate of drug-likeness (QED) is 0.181. The third-order valence-corrected chi connectivity index (χ3v) is 11.2. The van der Waals surface area contributed by atoms with Gasteiger partial charge in [-0.1, -0.05) is 122 Å². The van der Waals surface area contributed by atoms with Crippen molar-refractivity contribution in [3.05, 3.63) is 217 Å². The van der Waals surface area contributed by atoms with Crippen molar-refractivity contribution in [3.63, 3.8) is 0 Å². The number of hydrogen-bond donors (Lipinski definition) is 0. The van der Waals surface area contributed by atoms with E-state index in [2.05, 4.69) is 173 Å². The number of rotatable bonds is 4. The molecule has 0 amide bonds. The molecule has 0 fully saturated rings. The second-order valence-electron chi connectivity index (χ2n) is 14.8. The van der Waals surface area contributed by atoms with Crippen molar-refractivity contribution in [1.29, 1.82) is 0 Å². The topological polar surface area (TPSA) is 34.0 Å². The highest BCUT2D eigenvalue weighted by Gasteiger charge is 2.21. The van der Waals surface area contributed by atoms with Crippen LogP contribution in [0.1, 0.15) is 22.5 Å². The number of aromatic nitrogens is 3. The molecule has 0 unspecified atom stereocenters. The largest absolute Gasteiger partial charge is 0.317 e. The molecule has 0 spiro atoms. The fraction of sp³-hybridized carbons (Fsp3) is 0.0566. The molecule has 4 heteroatoms. The monoisotopic (exact) mass is 732 g/mol. The van der Waals surface area contributed by atoms with Crippen LogP contribution < -0.4 is 4.90 Å². The summed E-state index contributed by atoms with van der Waals surface area (Å²) in [5.74, 6) is 0.808. The zero-order valence-corrected chi connectivity index (χ0v) is 32.0. The molecule has 0 N–H and O–H groups in total. The van der Waals surface area contributed by atoms with Gasteiger partial charge in [0.1, 0.15) is 5.82 Å². The summed E-state index contributed by atoms with van der Waals surface area (Å²) < 4.78 is 2.39. The first-order chi connectivity index (χ1) is 28.0. The van der Waals surface area contributed by atoms with Crippen molar-refractivity contribution in [3.8, 4) is 39.2 Å². The molecule has 57 heavy (non-hydrogen) atoms. The highest BCUT2D eigenvalue weighted by Crippen LogP contribution is 2.42. The molecule has 0 radical (unpaired) electrons. The molecule has 0 atom stereocenters. The summed E-state index contributed by atoms with van der Waals surface area (Å²) in [5, 5.41) is 3.62. The summed E-state index contributed by atoms with van der Waals surface area (Å²) in [6, 6.07) is 56.4. The lowest BCUT2D eigenvalue weighted by molar-refractivity contribution is 1.10. The lowest BCUT2D eigenvalue weighted by Crippen LogP contribution is -2.15. The maximum atomic E-state index is 4.56. The number of benzene rings is 7. The third kappa shape index (κ3) is 6.12. The lowest BCUT2D eigenvalue weighted by Gasteiger charge is -2.25. The van der Waals surface area contributed by atoms with E-state index in [1.165, 1.54) is 60.8 Å². The second kappa shape index (κ2) is 14.1. The van der Waals surface area contributed by atoms with Gasteiger partial charge in [-0.05, 0) is 120 Å². The molecule has 1 aliphatic carbocycles. The maximum Gasteiger partial charge on any atom is 0.126 e. The van der Waals surface area contributed by atoms with Crippen LogP contribution in [0.15, 0.2) is 194 Å². The maximum absolute atomic E-state index is 4.56. The van der Waals surface area contributed by atoms with E-state index in [0.717, 1.165) is 51.5 Å².